The number of rotatable bonds is 2. The lowest BCUT2D eigenvalue weighted by molar-refractivity contribution is 0.731. The number of aromatic amines is 1. The Labute approximate surface area is 103 Å². The molecule has 1 N–H and O–H groups in total. The number of hydrogen-bond acceptors (Lipinski definition) is 3. The van der Waals surface area contributed by atoms with Crippen LogP contribution in [0, 0.1) is 6.92 Å². The lowest BCUT2D eigenvalue weighted by Gasteiger charge is -1.91. The molecule has 2 aromatic rings. The Hall–Kier alpha value is -1.88. The van der Waals surface area contributed by atoms with Crippen LogP contribution in [0.15, 0.2) is 39.3 Å². The largest absolute Gasteiger partial charge is 0.298 e. The Morgan fingerprint density at radius 3 is 2.41 bits per heavy atom. The lowest BCUT2D eigenvalue weighted by Crippen LogP contribution is -2.10. The summed E-state index contributed by atoms with van der Waals surface area (Å²) in [6, 6.07) is 6.91. The molecule has 0 bridgehead atoms. The van der Waals surface area contributed by atoms with Crippen LogP contribution >= 0.6 is 11.6 Å². The summed E-state index contributed by atoms with van der Waals surface area (Å²) in [7, 11) is 1.64. The van der Waals surface area contributed by atoms with Gasteiger partial charge in [0.05, 0.1) is 11.4 Å². The molecule has 1 aromatic heterocycles. The van der Waals surface area contributed by atoms with Gasteiger partial charge in [0.2, 0.25) is 0 Å². The average Bonchev–Trinajstić information content (AvgIpc) is 2.54. The lowest BCUT2D eigenvalue weighted by atomic mass is 10.3. The zero-order chi connectivity index (χ0) is 12.4. The van der Waals surface area contributed by atoms with Crippen molar-refractivity contribution >= 4 is 23.0 Å². The van der Waals surface area contributed by atoms with Crippen LogP contribution in [-0.4, -0.2) is 9.78 Å². The molecule has 2 rings (SSSR count). The van der Waals surface area contributed by atoms with Crippen LogP contribution in [0.25, 0.3) is 0 Å². The van der Waals surface area contributed by atoms with E-state index in [4.69, 9.17) is 11.6 Å². The fraction of sp³-hybridized carbons (Fsp3) is 0.182. The van der Waals surface area contributed by atoms with Gasteiger partial charge < -0.3 is 0 Å². The van der Waals surface area contributed by atoms with Crippen molar-refractivity contribution in [2.45, 2.75) is 6.92 Å². The third-order valence-electron chi connectivity index (χ3n) is 2.29. The van der Waals surface area contributed by atoms with E-state index in [9.17, 15) is 4.79 Å². The van der Waals surface area contributed by atoms with Crippen molar-refractivity contribution in [1.29, 1.82) is 0 Å². The van der Waals surface area contributed by atoms with Crippen molar-refractivity contribution in [3.8, 4) is 0 Å². The van der Waals surface area contributed by atoms with Crippen molar-refractivity contribution in [1.82, 2.24) is 9.78 Å². The quantitative estimate of drug-likeness (QED) is 0.818. The molecular weight excluding hydrogens is 240 g/mol. The minimum atomic E-state index is -0.194. The highest BCUT2D eigenvalue weighted by Crippen LogP contribution is 2.19. The monoisotopic (exact) mass is 250 g/mol. The van der Waals surface area contributed by atoms with Gasteiger partial charge in [-0.15, -0.1) is 5.11 Å². The molecule has 1 aromatic carbocycles. The highest BCUT2D eigenvalue weighted by molar-refractivity contribution is 6.30. The van der Waals surface area contributed by atoms with Crippen LogP contribution in [0.5, 0.6) is 0 Å². The summed E-state index contributed by atoms with van der Waals surface area (Å²) >= 11 is 5.75. The predicted octanol–water partition coefficient (Wildman–Crippen LogP) is 3.09. The molecular formula is C11H11ClN4O. The molecule has 0 amide bonds. The van der Waals surface area contributed by atoms with Gasteiger partial charge in [0.25, 0.3) is 5.56 Å². The summed E-state index contributed by atoms with van der Waals surface area (Å²) in [5.74, 6) is 0. The van der Waals surface area contributed by atoms with Crippen LogP contribution in [0.4, 0.5) is 11.4 Å². The van der Waals surface area contributed by atoms with Gasteiger partial charge >= 0.3 is 0 Å². The first-order chi connectivity index (χ1) is 8.08. The van der Waals surface area contributed by atoms with E-state index in [1.54, 1.807) is 38.2 Å². The second kappa shape index (κ2) is 4.55. The fourth-order valence-electron chi connectivity index (χ4n) is 1.41. The van der Waals surface area contributed by atoms with Crippen LogP contribution in [-0.2, 0) is 7.05 Å². The molecule has 0 unspecified atom stereocenters. The van der Waals surface area contributed by atoms with Crippen LogP contribution in [0.3, 0.4) is 0 Å². The Balaban J connectivity index is 2.32. The smallest absolute Gasteiger partial charge is 0.294 e. The number of aromatic nitrogens is 2. The SMILES string of the molecule is Cc1[nH]n(C)c(=O)c1N=Nc1ccc(Cl)cc1. The molecule has 0 atom stereocenters. The second-order valence-electron chi connectivity index (χ2n) is 3.63. The predicted molar refractivity (Wildman–Crippen MR) is 66.4 cm³/mol. The number of aryl methyl sites for hydroxylation is 2. The van der Waals surface area contributed by atoms with Gasteiger partial charge in [0.1, 0.15) is 0 Å². The summed E-state index contributed by atoms with van der Waals surface area (Å²) in [5, 5.41) is 11.4. The zero-order valence-corrected chi connectivity index (χ0v) is 10.2. The molecule has 0 fully saturated rings. The molecule has 6 heteroatoms. The molecule has 17 heavy (non-hydrogen) atoms. The van der Waals surface area contributed by atoms with Crippen LogP contribution in [0.2, 0.25) is 5.02 Å². The number of hydrogen-bond donors (Lipinski definition) is 1. The van der Waals surface area contributed by atoms with Crippen molar-refractivity contribution in [3.63, 3.8) is 0 Å². The molecule has 0 spiro atoms. The van der Waals surface area contributed by atoms with Gasteiger partial charge in [-0.3, -0.25) is 14.6 Å². The summed E-state index contributed by atoms with van der Waals surface area (Å²) in [6.07, 6.45) is 0. The van der Waals surface area contributed by atoms with E-state index < -0.39 is 0 Å². The Bertz CT molecular complexity index is 609. The second-order valence-corrected chi connectivity index (χ2v) is 4.06. The van der Waals surface area contributed by atoms with Crippen LogP contribution in [0.1, 0.15) is 5.69 Å². The van der Waals surface area contributed by atoms with E-state index in [1.807, 2.05) is 0 Å². The van der Waals surface area contributed by atoms with E-state index in [0.717, 1.165) is 0 Å². The summed E-state index contributed by atoms with van der Waals surface area (Å²) in [5.41, 5.74) is 1.47. The molecule has 1 heterocycles. The number of halogens is 1. The van der Waals surface area contributed by atoms with Crippen molar-refractivity contribution < 1.29 is 0 Å². The topological polar surface area (TPSA) is 62.5 Å². The third-order valence-corrected chi connectivity index (χ3v) is 2.54. The van der Waals surface area contributed by atoms with Crippen molar-refractivity contribution in [2.75, 3.05) is 0 Å². The van der Waals surface area contributed by atoms with Crippen LogP contribution < -0.4 is 5.56 Å². The molecule has 0 radical (unpaired) electrons. The zero-order valence-electron chi connectivity index (χ0n) is 9.44. The van der Waals surface area contributed by atoms with Gasteiger partial charge in [-0.25, -0.2) is 0 Å². The summed E-state index contributed by atoms with van der Waals surface area (Å²) in [6.45, 7) is 1.78. The van der Waals surface area contributed by atoms with E-state index in [0.29, 0.717) is 22.1 Å². The number of benzene rings is 1. The fourth-order valence-corrected chi connectivity index (χ4v) is 1.53. The third kappa shape index (κ3) is 2.45. The number of nitrogens with one attached hydrogen (secondary N) is 1. The highest BCUT2D eigenvalue weighted by Gasteiger charge is 2.07. The molecule has 0 aliphatic heterocycles. The van der Waals surface area contributed by atoms with Gasteiger partial charge in [0, 0.05) is 12.1 Å². The van der Waals surface area contributed by atoms with Crippen molar-refractivity contribution in [2.24, 2.45) is 17.3 Å². The van der Waals surface area contributed by atoms with Gasteiger partial charge in [-0.2, -0.15) is 5.11 Å². The Morgan fingerprint density at radius 1 is 1.24 bits per heavy atom. The van der Waals surface area contributed by atoms with E-state index in [2.05, 4.69) is 15.3 Å². The first-order valence-electron chi connectivity index (χ1n) is 5.01. The van der Waals surface area contributed by atoms with Crippen molar-refractivity contribution in [3.05, 3.63) is 45.3 Å². The number of H-pyrrole nitrogens is 1. The molecule has 0 aliphatic rings. The first-order valence-corrected chi connectivity index (χ1v) is 5.38. The van der Waals surface area contributed by atoms with E-state index in [-0.39, 0.29) is 5.56 Å². The summed E-state index contributed by atoms with van der Waals surface area (Å²) in [4.78, 5) is 11.6. The maximum atomic E-state index is 11.6. The maximum absolute atomic E-state index is 11.6. The van der Waals surface area contributed by atoms with Gasteiger partial charge in [-0.05, 0) is 31.2 Å². The Morgan fingerprint density at radius 2 is 1.88 bits per heavy atom. The maximum Gasteiger partial charge on any atom is 0.294 e. The molecule has 0 saturated heterocycles. The minimum absolute atomic E-state index is 0.194. The molecule has 0 saturated carbocycles. The van der Waals surface area contributed by atoms with E-state index >= 15 is 0 Å². The Kier molecular flexibility index (Phi) is 3.10. The van der Waals surface area contributed by atoms with E-state index in [1.165, 1.54) is 4.68 Å². The number of nitrogens with zero attached hydrogens (tertiary/aromatic N) is 3. The average molecular weight is 251 g/mol. The minimum Gasteiger partial charge on any atom is -0.298 e. The highest BCUT2D eigenvalue weighted by atomic mass is 35.5. The summed E-state index contributed by atoms with van der Waals surface area (Å²) < 4.78 is 1.37. The number of azo groups is 1. The standard InChI is InChI=1S/C11H11ClN4O/c1-7-10(11(17)16(2)15-7)14-13-9-5-3-8(12)4-6-9/h3-6,15H,1-2H3. The van der Waals surface area contributed by atoms with Gasteiger partial charge in [0.15, 0.2) is 5.69 Å². The normalized spacial score (nSPS) is 11.2. The molecule has 0 aliphatic carbocycles. The molecule has 5 nitrogen and oxygen atoms in total. The first kappa shape index (κ1) is 11.6. The van der Waals surface area contributed by atoms with Gasteiger partial charge in [-0.1, -0.05) is 11.6 Å². The molecule has 88 valence electrons.